The number of aryl methyl sites for hydroxylation is 1. The number of benzene rings is 2. The fourth-order valence-electron chi connectivity index (χ4n) is 2.77. The smallest absolute Gasteiger partial charge is 0.341 e. The Balaban J connectivity index is 2.04. The van der Waals surface area contributed by atoms with E-state index in [9.17, 15) is 14.0 Å². The van der Waals surface area contributed by atoms with Crippen molar-refractivity contribution in [1.82, 2.24) is 0 Å². The summed E-state index contributed by atoms with van der Waals surface area (Å²) in [5, 5.41) is 3.70. The van der Waals surface area contributed by atoms with Crippen LogP contribution in [0.2, 0.25) is 5.02 Å². The van der Waals surface area contributed by atoms with Gasteiger partial charge in [0.2, 0.25) is 0 Å². The molecule has 0 aliphatic carbocycles. The van der Waals surface area contributed by atoms with E-state index >= 15 is 0 Å². The number of anilines is 1. The van der Waals surface area contributed by atoms with Crippen molar-refractivity contribution in [2.75, 3.05) is 11.9 Å². The van der Waals surface area contributed by atoms with Gasteiger partial charge in [-0.05, 0) is 55.8 Å². The van der Waals surface area contributed by atoms with E-state index in [0.717, 1.165) is 4.88 Å². The molecule has 3 rings (SSSR count). The summed E-state index contributed by atoms with van der Waals surface area (Å²) in [6.45, 7) is 3.74. The molecule has 7 heteroatoms. The molecule has 0 bridgehead atoms. The molecule has 0 atom stereocenters. The summed E-state index contributed by atoms with van der Waals surface area (Å²) in [6, 6.07) is 12.3. The van der Waals surface area contributed by atoms with Crippen LogP contribution in [0.5, 0.6) is 0 Å². The molecule has 0 fully saturated rings. The lowest BCUT2D eigenvalue weighted by Gasteiger charge is -2.09. The summed E-state index contributed by atoms with van der Waals surface area (Å²) in [6.07, 6.45) is 0. The highest BCUT2D eigenvalue weighted by Gasteiger charge is 2.25. The van der Waals surface area contributed by atoms with E-state index in [1.54, 1.807) is 43.3 Å². The lowest BCUT2D eigenvalue weighted by molar-refractivity contribution is 0.0529. The number of thiophene rings is 1. The number of carbonyl (C=O) groups excluding carboxylic acids is 2. The van der Waals surface area contributed by atoms with Crippen molar-refractivity contribution < 1.29 is 18.7 Å². The molecule has 0 unspecified atom stereocenters. The highest BCUT2D eigenvalue weighted by atomic mass is 35.5. The van der Waals surface area contributed by atoms with Gasteiger partial charge in [0, 0.05) is 21.0 Å². The molecule has 0 spiro atoms. The number of halogens is 2. The van der Waals surface area contributed by atoms with Crippen LogP contribution in [-0.4, -0.2) is 18.5 Å². The highest BCUT2D eigenvalue weighted by molar-refractivity contribution is 7.17. The van der Waals surface area contributed by atoms with E-state index in [-0.39, 0.29) is 23.9 Å². The monoisotopic (exact) mass is 417 g/mol. The Labute approximate surface area is 170 Å². The Morgan fingerprint density at radius 1 is 1.11 bits per heavy atom. The molecule has 3 aromatic rings. The van der Waals surface area contributed by atoms with E-state index in [4.69, 9.17) is 16.3 Å². The number of carbonyl (C=O) groups is 2. The van der Waals surface area contributed by atoms with Gasteiger partial charge in [0.05, 0.1) is 6.61 Å². The van der Waals surface area contributed by atoms with Crippen LogP contribution in [0.25, 0.3) is 11.1 Å². The molecule has 0 saturated heterocycles. The summed E-state index contributed by atoms with van der Waals surface area (Å²) in [4.78, 5) is 26.1. The molecule has 1 amide bonds. The zero-order valence-electron chi connectivity index (χ0n) is 15.2. The second-order valence-electron chi connectivity index (χ2n) is 5.93. The van der Waals surface area contributed by atoms with E-state index in [1.807, 2.05) is 6.92 Å². The van der Waals surface area contributed by atoms with Gasteiger partial charge >= 0.3 is 5.97 Å². The Kier molecular flexibility index (Phi) is 6.11. The minimum Gasteiger partial charge on any atom is -0.462 e. The Morgan fingerprint density at radius 3 is 2.36 bits per heavy atom. The summed E-state index contributed by atoms with van der Waals surface area (Å²) >= 11 is 7.13. The number of ether oxygens (including phenoxy) is 1. The second-order valence-corrected chi connectivity index (χ2v) is 7.59. The summed E-state index contributed by atoms with van der Waals surface area (Å²) in [5.74, 6) is -1.28. The first kappa shape index (κ1) is 20.0. The van der Waals surface area contributed by atoms with Gasteiger partial charge in [-0.2, -0.15) is 0 Å². The molecule has 0 radical (unpaired) electrons. The van der Waals surface area contributed by atoms with Crippen LogP contribution in [0.1, 0.15) is 32.5 Å². The fourth-order valence-corrected chi connectivity index (χ4v) is 3.96. The SMILES string of the molecule is CCOC(=O)c1c(NC(=O)c2ccc(Cl)cc2)sc(C)c1-c1ccc(F)cc1. The van der Waals surface area contributed by atoms with Crippen LogP contribution in [-0.2, 0) is 4.74 Å². The van der Waals surface area contributed by atoms with Gasteiger partial charge in [-0.15, -0.1) is 11.3 Å². The number of esters is 1. The molecule has 28 heavy (non-hydrogen) atoms. The van der Waals surface area contributed by atoms with Gasteiger partial charge < -0.3 is 10.1 Å². The van der Waals surface area contributed by atoms with E-state index in [2.05, 4.69) is 5.32 Å². The zero-order chi connectivity index (χ0) is 20.3. The predicted octanol–water partition coefficient (Wildman–Crippen LogP) is 5.95. The maximum absolute atomic E-state index is 13.3. The van der Waals surface area contributed by atoms with Crippen LogP contribution < -0.4 is 5.32 Å². The molecule has 2 aromatic carbocycles. The van der Waals surface area contributed by atoms with Gasteiger partial charge in [-0.3, -0.25) is 4.79 Å². The van der Waals surface area contributed by atoms with E-state index < -0.39 is 5.97 Å². The fraction of sp³-hybridized carbons (Fsp3) is 0.143. The van der Waals surface area contributed by atoms with Crippen molar-refractivity contribution in [3.63, 3.8) is 0 Å². The third-order valence-corrected chi connectivity index (χ3v) is 5.30. The van der Waals surface area contributed by atoms with Crippen LogP contribution in [0.15, 0.2) is 48.5 Å². The molecule has 0 aliphatic heterocycles. The van der Waals surface area contributed by atoms with Crippen molar-refractivity contribution in [3.05, 3.63) is 75.4 Å². The predicted molar refractivity (Wildman–Crippen MR) is 110 cm³/mol. The first-order valence-electron chi connectivity index (χ1n) is 8.54. The molecule has 144 valence electrons. The van der Waals surface area contributed by atoms with Gasteiger partial charge in [-0.25, -0.2) is 9.18 Å². The standard InChI is InChI=1S/C21H17ClFNO3S/c1-3-27-21(26)18-17(13-6-10-16(23)11-7-13)12(2)28-20(18)24-19(25)14-4-8-15(22)9-5-14/h4-11H,3H2,1-2H3,(H,24,25). The normalized spacial score (nSPS) is 10.6. The average molecular weight is 418 g/mol. The number of hydrogen-bond acceptors (Lipinski definition) is 4. The van der Waals surface area contributed by atoms with Crippen molar-refractivity contribution in [2.24, 2.45) is 0 Å². The van der Waals surface area contributed by atoms with Gasteiger partial charge in [0.1, 0.15) is 16.4 Å². The van der Waals surface area contributed by atoms with Gasteiger partial charge in [-0.1, -0.05) is 23.7 Å². The summed E-state index contributed by atoms with van der Waals surface area (Å²) < 4.78 is 18.5. The average Bonchev–Trinajstić information content (AvgIpc) is 2.99. The zero-order valence-corrected chi connectivity index (χ0v) is 16.8. The van der Waals surface area contributed by atoms with Gasteiger partial charge in [0.25, 0.3) is 5.91 Å². The van der Waals surface area contributed by atoms with E-state index in [0.29, 0.717) is 26.7 Å². The largest absolute Gasteiger partial charge is 0.462 e. The maximum Gasteiger partial charge on any atom is 0.341 e. The van der Waals surface area contributed by atoms with Crippen molar-refractivity contribution in [3.8, 4) is 11.1 Å². The van der Waals surface area contributed by atoms with Crippen LogP contribution in [0, 0.1) is 12.7 Å². The number of hydrogen-bond donors (Lipinski definition) is 1. The molecule has 0 saturated carbocycles. The Morgan fingerprint density at radius 2 is 1.75 bits per heavy atom. The second kappa shape index (κ2) is 8.54. The minimum atomic E-state index is -0.544. The summed E-state index contributed by atoms with van der Waals surface area (Å²) in [5.41, 5.74) is 1.96. The van der Waals surface area contributed by atoms with Crippen LogP contribution >= 0.6 is 22.9 Å². The highest BCUT2D eigenvalue weighted by Crippen LogP contribution is 2.40. The molecule has 1 heterocycles. The van der Waals surface area contributed by atoms with Crippen molar-refractivity contribution in [2.45, 2.75) is 13.8 Å². The van der Waals surface area contributed by atoms with E-state index in [1.165, 1.54) is 23.5 Å². The molecule has 1 N–H and O–H groups in total. The number of nitrogens with one attached hydrogen (secondary N) is 1. The third kappa shape index (κ3) is 4.24. The first-order valence-corrected chi connectivity index (χ1v) is 9.73. The molecular weight excluding hydrogens is 401 g/mol. The molecule has 0 aliphatic rings. The lowest BCUT2D eigenvalue weighted by atomic mass is 10.0. The summed E-state index contributed by atoms with van der Waals surface area (Å²) in [7, 11) is 0. The van der Waals surface area contributed by atoms with Crippen LogP contribution in [0.4, 0.5) is 9.39 Å². The van der Waals surface area contributed by atoms with Crippen molar-refractivity contribution >= 4 is 39.8 Å². The first-order chi connectivity index (χ1) is 13.4. The van der Waals surface area contributed by atoms with Crippen molar-refractivity contribution in [1.29, 1.82) is 0 Å². The molecule has 4 nitrogen and oxygen atoms in total. The topological polar surface area (TPSA) is 55.4 Å². The van der Waals surface area contributed by atoms with Crippen LogP contribution in [0.3, 0.4) is 0 Å². The minimum absolute atomic E-state index is 0.196. The Hall–Kier alpha value is -2.70. The lowest BCUT2D eigenvalue weighted by Crippen LogP contribution is -2.14. The molecule has 1 aromatic heterocycles. The molecular formula is C21H17ClFNO3S. The Bertz CT molecular complexity index is 1010. The van der Waals surface area contributed by atoms with Gasteiger partial charge in [0.15, 0.2) is 0 Å². The number of rotatable bonds is 5. The quantitative estimate of drug-likeness (QED) is 0.522. The number of amides is 1. The third-order valence-electron chi connectivity index (χ3n) is 4.03. The maximum atomic E-state index is 13.3.